The molecular formula is C50H30O. The molecule has 0 N–H and O–H groups in total. The molecule has 1 heterocycles. The van der Waals surface area contributed by atoms with Crippen molar-refractivity contribution in [2.45, 2.75) is 0 Å². The molecule has 10 aromatic carbocycles. The van der Waals surface area contributed by atoms with E-state index in [-0.39, 0.29) is 32.7 Å². The first kappa shape index (κ1) is 17.3. The second-order valence-corrected chi connectivity index (χ2v) is 12.4. The van der Waals surface area contributed by atoms with Crippen molar-refractivity contribution < 1.29 is 25.0 Å². The first-order chi connectivity index (χ1) is 31.6. The number of furan rings is 1. The Balaban J connectivity index is 1.34. The largest absolute Gasteiger partial charge is 0.455 e. The van der Waals surface area contributed by atoms with Crippen LogP contribution in [0.4, 0.5) is 0 Å². The highest BCUT2D eigenvalue weighted by molar-refractivity contribution is 6.26. The molecule has 51 heavy (non-hydrogen) atoms. The van der Waals surface area contributed by atoms with Gasteiger partial charge in [0, 0.05) is 16.3 Å². The smallest absolute Gasteiger partial charge is 0.143 e. The molecule has 1 heteroatoms. The van der Waals surface area contributed by atoms with Gasteiger partial charge in [-0.2, -0.15) is 0 Å². The number of hydrogen-bond acceptors (Lipinski definition) is 1. The van der Waals surface area contributed by atoms with Crippen LogP contribution in [0.5, 0.6) is 0 Å². The Hall–Kier alpha value is -6.70. The van der Waals surface area contributed by atoms with Crippen molar-refractivity contribution >= 4 is 75.8 Å². The van der Waals surface area contributed by atoms with Crippen LogP contribution in [0.3, 0.4) is 0 Å². The first-order valence-electron chi connectivity index (χ1n) is 23.9. The van der Waals surface area contributed by atoms with Gasteiger partial charge in [-0.15, -0.1) is 0 Å². The molecule has 0 atom stereocenters. The molecule has 0 aliphatic carbocycles. The number of para-hydroxylation sites is 1. The van der Waals surface area contributed by atoms with E-state index in [0.29, 0.717) is 27.5 Å². The normalized spacial score (nSPS) is 16.0. The third-order valence-electron chi connectivity index (χ3n) is 9.81. The fourth-order valence-electron chi connectivity index (χ4n) is 7.68. The van der Waals surface area contributed by atoms with Crippen LogP contribution in [0.25, 0.3) is 109 Å². The summed E-state index contributed by atoms with van der Waals surface area (Å²) in [5.74, 6) is 0. The summed E-state index contributed by atoms with van der Waals surface area (Å²) in [6, 6.07) is 18.6. The maximum Gasteiger partial charge on any atom is 0.143 e. The van der Waals surface area contributed by atoms with Gasteiger partial charge in [0.2, 0.25) is 0 Å². The summed E-state index contributed by atoms with van der Waals surface area (Å²) in [6.45, 7) is 0. The van der Waals surface area contributed by atoms with Crippen LogP contribution in [0.15, 0.2) is 186 Å². The molecule has 11 rings (SSSR count). The minimum Gasteiger partial charge on any atom is -0.455 e. The zero-order chi connectivity index (χ0) is 46.5. The van der Waals surface area contributed by atoms with E-state index in [4.69, 9.17) is 18.1 Å². The molecule has 0 saturated heterocycles. The van der Waals surface area contributed by atoms with Gasteiger partial charge in [-0.05, 0) is 87.7 Å². The lowest BCUT2D eigenvalue weighted by atomic mass is 9.83. The average Bonchev–Trinajstić information content (AvgIpc) is 3.73. The van der Waals surface area contributed by atoms with Crippen molar-refractivity contribution in [3.63, 3.8) is 0 Å². The maximum absolute atomic E-state index is 9.56. The summed E-state index contributed by atoms with van der Waals surface area (Å²) in [6.07, 6.45) is 0. The molecule has 0 saturated carbocycles. The van der Waals surface area contributed by atoms with Crippen LogP contribution in [0.2, 0.25) is 0 Å². The van der Waals surface area contributed by atoms with Crippen molar-refractivity contribution in [1.82, 2.24) is 0 Å². The Morgan fingerprint density at radius 1 is 0.333 bits per heavy atom. The van der Waals surface area contributed by atoms with Crippen molar-refractivity contribution in [3.05, 3.63) is 182 Å². The first-order valence-corrected chi connectivity index (χ1v) is 16.4. The second-order valence-electron chi connectivity index (χ2n) is 12.4. The van der Waals surface area contributed by atoms with E-state index in [1.54, 1.807) is 12.1 Å². The van der Waals surface area contributed by atoms with Gasteiger partial charge in [0.15, 0.2) is 0 Å². The predicted molar refractivity (Wildman–Crippen MR) is 218 cm³/mol. The Kier molecular flexibility index (Phi) is 3.70. The topological polar surface area (TPSA) is 13.1 Å². The predicted octanol–water partition coefficient (Wildman–Crippen LogP) is 14.4. The molecule has 0 aliphatic heterocycles. The standard InChI is InChI=1S/C50H30O/c1-3-16-33-31(13-1)15-11-24-38(33)47-39-20-7-9-22-41(39)48(42-23-10-8-21-40(42)47)43-29-28-37(35-18-5-6-19-36(35)43)44-25-12-26-45-49-34-17-4-2-14-32(34)27-30-46(49)51-50(44)45/h1-30H/i1D,3D,7D,8D,9D,10D,11D,13D,15D,16D,20D,21D,22D,23D,24D. The van der Waals surface area contributed by atoms with Crippen LogP contribution in [0.1, 0.15) is 20.6 Å². The molecule has 0 amide bonds. The van der Waals surface area contributed by atoms with Gasteiger partial charge >= 0.3 is 0 Å². The molecular weight excluding hydrogens is 617 g/mol. The molecule has 0 fully saturated rings. The van der Waals surface area contributed by atoms with E-state index >= 15 is 0 Å². The highest BCUT2D eigenvalue weighted by Crippen LogP contribution is 2.48. The van der Waals surface area contributed by atoms with E-state index in [2.05, 4.69) is 6.07 Å². The van der Waals surface area contributed by atoms with Gasteiger partial charge < -0.3 is 4.42 Å². The molecule has 236 valence electrons. The highest BCUT2D eigenvalue weighted by atomic mass is 16.3. The van der Waals surface area contributed by atoms with Crippen molar-refractivity contribution in [2.24, 2.45) is 0 Å². The second kappa shape index (κ2) is 10.9. The van der Waals surface area contributed by atoms with Gasteiger partial charge in [0.1, 0.15) is 11.2 Å². The van der Waals surface area contributed by atoms with Gasteiger partial charge in [0.25, 0.3) is 0 Å². The van der Waals surface area contributed by atoms with Gasteiger partial charge in [-0.1, -0.05) is 176 Å². The maximum atomic E-state index is 9.56. The molecule has 1 aromatic heterocycles. The number of rotatable bonds is 3. The van der Waals surface area contributed by atoms with E-state index in [0.717, 1.165) is 32.7 Å². The zero-order valence-corrected chi connectivity index (χ0v) is 26.6. The van der Waals surface area contributed by atoms with Crippen LogP contribution in [-0.2, 0) is 0 Å². The zero-order valence-electron chi connectivity index (χ0n) is 41.6. The van der Waals surface area contributed by atoms with Crippen LogP contribution in [0, 0.1) is 0 Å². The molecule has 0 unspecified atom stereocenters. The van der Waals surface area contributed by atoms with Crippen LogP contribution < -0.4 is 0 Å². The molecule has 1 nitrogen and oxygen atoms in total. The monoisotopic (exact) mass is 661 g/mol. The van der Waals surface area contributed by atoms with Crippen LogP contribution >= 0.6 is 0 Å². The van der Waals surface area contributed by atoms with Crippen molar-refractivity contribution in [2.75, 3.05) is 0 Å². The van der Waals surface area contributed by atoms with E-state index in [1.807, 2.05) is 72.8 Å². The number of fused-ring (bicyclic) bond motifs is 9. The third kappa shape index (κ3) is 4.09. The lowest BCUT2D eigenvalue weighted by Gasteiger charge is -2.20. The van der Waals surface area contributed by atoms with Gasteiger partial charge in [-0.3, -0.25) is 0 Å². The van der Waals surface area contributed by atoms with Crippen LogP contribution in [-0.4, -0.2) is 0 Å². The lowest BCUT2D eigenvalue weighted by molar-refractivity contribution is 0.670. The van der Waals surface area contributed by atoms with Crippen molar-refractivity contribution in [3.8, 4) is 33.4 Å². The number of hydrogen-bond donors (Lipinski definition) is 0. The third-order valence-corrected chi connectivity index (χ3v) is 9.81. The van der Waals surface area contributed by atoms with Crippen molar-refractivity contribution in [1.29, 1.82) is 0 Å². The lowest BCUT2D eigenvalue weighted by Crippen LogP contribution is -1.93. The fraction of sp³-hybridized carbons (Fsp3) is 0. The molecule has 0 radical (unpaired) electrons. The highest BCUT2D eigenvalue weighted by Gasteiger charge is 2.21. The summed E-state index contributed by atoms with van der Waals surface area (Å²) in [4.78, 5) is 0. The summed E-state index contributed by atoms with van der Waals surface area (Å²) >= 11 is 0. The Morgan fingerprint density at radius 3 is 1.65 bits per heavy atom. The Bertz CT molecular complexity index is 3970. The Labute approximate surface area is 315 Å². The minimum absolute atomic E-state index is 0.0277. The van der Waals surface area contributed by atoms with Gasteiger partial charge in [0.05, 0.1) is 20.6 Å². The molecule has 0 spiro atoms. The summed E-state index contributed by atoms with van der Waals surface area (Å²) < 4.78 is 143. The fourth-order valence-corrected chi connectivity index (χ4v) is 7.68. The summed E-state index contributed by atoms with van der Waals surface area (Å²) in [5, 5.41) is 3.34. The molecule has 0 bridgehead atoms. The number of benzene rings is 10. The summed E-state index contributed by atoms with van der Waals surface area (Å²) in [5.41, 5.74) is 2.40. The van der Waals surface area contributed by atoms with E-state index < -0.39 is 107 Å². The molecule has 0 aliphatic rings. The summed E-state index contributed by atoms with van der Waals surface area (Å²) in [7, 11) is 0. The molecule has 11 aromatic rings. The van der Waals surface area contributed by atoms with Gasteiger partial charge in [-0.25, -0.2) is 0 Å². The Morgan fingerprint density at radius 2 is 0.902 bits per heavy atom. The average molecular weight is 662 g/mol. The van der Waals surface area contributed by atoms with E-state index in [1.165, 1.54) is 0 Å². The quantitative estimate of drug-likeness (QED) is 0.172. The SMILES string of the molecule is [2H]c1c([2H])c([2H])c2c(-c3c4c([2H])c([2H])c([2H])c([2H])c4c(-c4ccc(-c5cccc6c5oc5ccc7ccccc7c56)c5ccccc45)c4c([2H])c([2H])c([2H])c([2H])c34)c([2H])c([2H])c([2H])c2c1[2H]. The van der Waals surface area contributed by atoms with E-state index in [9.17, 15) is 6.85 Å². The minimum atomic E-state index is -0.760.